The first kappa shape index (κ1) is 9.40. The molecule has 1 rings (SSSR count). The molecule has 0 aromatic carbocycles. The van der Waals surface area contributed by atoms with Crippen LogP contribution in [0.2, 0.25) is 5.15 Å². The van der Waals surface area contributed by atoms with Crippen LogP contribution in [0.25, 0.3) is 0 Å². The van der Waals surface area contributed by atoms with E-state index in [-0.39, 0.29) is 10.8 Å². The summed E-state index contributed by atoms with van der Waals surface area (Å²) in [4.78, 5) is 18.5. The van der Waals surface area contributed by atoms with Gasteiger partial charge >= 0.3 is 0 Å². The Balaban J connectivity index is 2.77. The number of nitrogens with two attached hydrogens (primary N) is 1. The SMILES string of the molecule is NN=CNC(=O)c1cncc(Cl)n1. The van der Waals surface area contributed by atoms with E-state index in [1.807, 2.05) is 0 Å². The van der Waals surface area contributed by atoms with Crippen molar-refractivity contribution in [3.05, 3.63) is 23.2 Å². The van der Waals surface area contributed by atoms with Crippen molar-refractivity contribution >= 4 is 23.8 Å². The molecule has 1 aromatic heterocycles. The molecule has 0 aliphatic carbocycles. The zero-order valence-electron chi connectivity index (χ0n) is 6.44. The van der Waals surface area contributed by atoms with Gasteiger partial charge in [0.05, 0.1) is 12.4 Å². The van der Waals surface area contributed by atoms with E-state index in [1.165, 1.54) is 12.4 Å². The van der Waals surface area contributed by atoms with Crippen molar-refractivity contribution < 1.29 is 4.79 Å². The van der Waals surface area contributed by atoms with Gasteiger partial charge in [0.15, 0.2) is 0 Å². The number of nitrogens with zero attached hydrogens (tertiary/aromatic N) is 3. The fraction of sp³-hybridized carbons (Fsp3) is 0. The predicted molar refractivity (Wildman–Crippen MR) is 47.2 cm³/mol. The minimum absolute atomic E-state index is 0.104. The van der Waals surface area contributed by atoms with Crippen molar-refractivity contribution in [1.82, 2.24) is 15.3 Å². The summed E-state index contributed by atoms with van der Waals surface area (Å²) in [5, 5.41) is 5.49. The standard InChI is InChI=1S/C6H6ClN5O/c7-5-2-9-1-4(12-5)6(13)10-3-11-8/h1-3H,8H2,(H,10,11,13). The molecule has 0 fully saturated rings. The monoisotopic (exact) mass is 199 g/mol. The van der Waals surface area contributed by atoms with Gasteiger partial charge in [-0.2, -0.15) is 5.10 Å². The van der Waals surface area contributed by atoms with Gasteiger partial charge in [-0.1, -0.05) is 11.6 Å². The lowest BCUT2D eigenvalue weighted by atomic mass is 10.4. The maximum absolute atomic E-state index is 11.1. The van der Waals surface area contributed by atoms with Gasteiger partial charge in [-0.25, -0.2) is 4.98 Å². The van der Waals surface area contributed by atoms with Gasteiger partial charge in [-0.05, 0) is 0 Å². The average molecular weight is 200 g/mol. The van der Waals surface area contributed by atoms with Gasteiger partial charge in [-0.3, -0.25) is 9.78 Å². The summed E-state index contributed by atoms with van der Waals surface area (Å²) in [7, 11) is 0. The Labute approximate surface area is 78.8 Å². The van der Waals surface area contributed by atoms with E-state index in [4.69, 9.17) is 17.4 Å². The first-order valence-corrected chi connectivity index (χ1v) is 3.62. The number of rotatable bonds is 2. The van der Waals surface area contributed by atoms with Crippen LogP contribution in [0.15, 0.2) is 17.5 Å². The molecule has 0 unspecified atom stereocenters. The van der Waals surface area contributed by atoms with Crippen LogP contribution in [0.1, 0.15) is 10.5 Å². The molecule has 0 spiro atoms. The van der Waals surface area contributed by atoms with E-state index >= 15 is 0 Å². The summed E-state index contributed by atoms with van der Waals surface area (Å²) in [5.41, 5.74) is 0.104. The molecule has 0 atom stereocenters. The Bertz CT molecular complexity index is 340. The Kier molecular flexibility index (Phi) is 3.15. The number of nitrogens with one attached hydrogen (secondary N) is 1. The minimum Gasteiger partial charge on any atom is -0.322 e. The van der Waals surface area contributed by atoms with Crippen molar-refractivity contribution in [2.24, 2.45) is 10.9 Å². The van der Waals surface area contributed by atoms with Crippen molar-refractivity contribution in [1.29, 1.82) is 0 Å². The van der Waals surface area contributed by atoms with Crippen LogP contribution >= 0.6 is 11.6 Å². The maximum Gasteiger partial charge on any atom is 0.276 e. The van der Waals surface area contributed by atoms with Crippen LogP contribution in [-0.2, 0) is 0 Å². The van der Waals surface area contributed by atoms with E-state index in [9.17, 15) is 4.79 Å². The van der Waals surface area contributed by atoms with E-state index in [1.54, 1.807) is 0 Å². The Morgan fingerprint density at radius 2 is 2.46 bits per heavy atom. The van der Waals surface area contributed by atoms with Crippen molar-refractivity contribution in [2.75, 3.05) is 0 Å². The van der Waals surface area contributed by atoms with E-state index in [0.717, 1.165) is 6.34 Å². The normalized spacial score (nSPS) is 10.2. The Hall–Kier alpha value is -1.69. The third-order valence-electron chi connectivity index (χ3n) is 1.11. The molecule has 0 bridgehead atoms. The van der Waals surface area contributed by atoms with Crippen molar-refractivity contribution in [3.8, 4) is 0 Å². The second kappa shape index (κ2) is 4.36. The van der Waals surface area contributed by atoms with Gasteiger partial charge in [0.2, 0.25) is 0 Å². The summed E-state index contributed by atoms with van der Waals surface area (Å²) >= 11 is 5.51. The number of hydrogen-bond donors (Lipinski definition) is 2. The van der Waals surface area contributed by atoms with Gasteiger partial charge in [0.25, 0.3) is 5.91 Å². The van der Waals surface area contributed by atoms with Crippen LogP contribution in [-0.4, -0.2) is 22.2 Å². The fourth-order valence-corrected chi connectivity index (χ4v) is 0.769. The number of carbonyl (C=O) groups is 1. The molecule has 7 heteroatoms. The topological polar surface area (TPSA) is 93.3 Å². The van der Waals surface area contributed by atoms with Crippen molar-refractivity contribution in [3.63, 3.8) is 0 Å². The van der Waals surface area contributed by atoms with E-state index < -0.39 is 5.91 Å². The van der Waals surface area contributed by atoms with Crippen LogP contribution in [0.5, 0.6) is 0 Å². The predicted octanol–water partition coefficient (Wildman–Crippen LogP) is -0.238. The molecule has 68 valence electrons. The highest BCUT2D eigenvalue weighted by Gasteiger charge is 2.05. The number of halogens is 1. The van der Waals surface area contributed by atoms with Crippen LogP contribution < -0.4 is 11.2 Å². The maximum atomic E-state index is 11.1. The van der Waals surface area contributed by atoms with Gasteiger partial charge in [0, 0.05) is 0 Å². The van der Waals surface area contributed by atoms with Crippen LogP contribution in [0.3, 0.4) is 0 Å². The molecular formula is C6H6ClN5O. The van der Waals surface area contributed by atoms with E-state index in [0.29, 0.717) is 0 Å². The molecule has 0 aliphatic rings. The molecule has 0 saturated carbocycles. The quantitative estimate of drug-likeness (QED) is 0.298. The third-order valence-corrected chi connectivity index (χ3v) is 1.29. The number of aromatic nitrogens is 2. The van der Waals surface area contributed by atoms with Crippen LogP contribution in [0, 0.1) is 0 Å². The molecule has 1 heterocycles. The lowest BCUT2D eigenvalue weighted by molar-refractivity contribution is 0.0973. The third kappa shape index (κ3) is 2.68. The molecule has 0 saturated heterocycles. The minimum atomic E-state index is -0.468. The first-order chi connectivity index (χ1) is 6.24. The van der Waals surface area contributed by atoms with Crippen LogP contribution in [0.4, 0.5) is 0 Å². The molecule has 6 nitrogen and oxygen atoms in total. The number of amides is 1. The first-order valence-electron chi connectivity index (χ1n) is 3.24. The lowest BCUT2D eigenvalue weighted by Gasteiger charge is -1.97. The number of hydrogen-bond acceptors (Lipinski definition) is 5. The zero-order chi connectivity index (χ0) is 9.68. The zero-order valence-corrected chi connectivity index (χ0v) is 7.19. The summed E-state index contributed by atoms with van der Waals surface area (Å²) in [5.74, 6) is 4.31. The molecule has 0 radical (unpaired) electrons. The highest BCUT2D eigenvalue weighted by molar-refractivity contribution is 6.29. The summed E-state index contributed by atoms with van der Waals surface area (Å²) in [6.07, 6.45) is 3.66. The largest absolute Gasteiger partial charge is 0.322 e. The van der Waals surface area contributed by atoms with Gasteiger partial charge in [0.1, 0.15) is 17.2 Å². The molecule has 3 N–H and O–H groups in total. The Morgan fingerprint density at radius 3 is 3.08 bits per heavy atom. The molecule has 0 aliphatic heterocycles. The lowest BCUT2D eigenvalue weighted by Crippen LogP contribution is -2.23. The smallest absolute Gasteiger partial charge is 0.276 e. The Morgan fingerprint density at radius 1 is 1.69 bits per heavy atom. The summed E-state index contributed by atoms with van der Waals surface area (Å²) in [6, 6.07) is 0. The highest BCUT2D eigenvalue weighted by Crippen LogP contribution is 2.01. The second-order valence-electron chi connectivity index (χ2n) is 1.98. The van der Waals surface area contributed by atoms with Crippen molar-refractivity contribution in [2.45, 2.75) is 0 Å². The number of carbonyl (C=O) groups excluding carboxylic acids is 1. The fourth-order valence-electron chi connectivity index (χ4n) is 0.621. The summed E-state index contributed by atoms with van der Waals surface area (Å²) < 4.78 is 0. The molecule has 1 amide bonds. The molecular weight excluding hydrogens is 194 g/mol. The average Bonchev–Trinajstić information content (AvgIpc) is 2.14. The van der Waals surface area contributed by atoms with Gasteiger partial charge < -0.3 is 11.2 Å². The molecule has 1 aromatic rings. The van der Waals surface area contributed by atoms with Gasteiger partial charge in [-0.15, -0.1) is 0 Å². The van der Waals surface area contributed by atoms with E-state index in [2.05, 4.69) is 20.4 Å². The second-order valence-corrected chi connectivity index (χ2v) is 2.37. The summed E-state index contributed by atoms with van der Waals surface area (Å²) in [6.45, 7) is 0. The molecule has 13 heavy (non-hydrogen) atoms. The highest BCUT2D eigenvalue weighted by atomic mass is 35.5. The number of hydrazone groups is 1.